The zero-order valence-electron chi connectivity index (χ0n) is 19.4. The van der Waals surface area contributed by atoms with E-state index in [1.165, 1.54) is 42.6 Å². The maximum Gasteiger partial charge on any atom is 0.191 e. The molecule has 1 aromatic heterocycles. The van der Waals surface area contributed by atoms with E-state index in [2.05, 4.69) is 37.6 Å². The number of rotatable bonds is 6. The second-order valence-corrected chi connectivity index (χ2v) is 11.3. The fourth-order valence-electron chi connectivity index (χ4n) is 6.71. The van der Waals surface area contributed by atoms with Gasteiger partial charge >= 0.3 is 0 Å². The van der Waals surface area contributed by atoms with Gasteiger partial charge in [-0.05, 0) is 79.3 Å². The van der Waals surface area contributed by atoms with E-state index in [1.807, 2.05) is 5.38 Å². The van der Waals surface area contributed by atoms with Gasteiger partial charge in [-0.1, -0.05) is 38.2 Å². The van der Waals surface area contributed by atoms with Crippen LogP contribution in [0.5, 0.6) is 0 Å². The van der Waals surface area contributed by atoms with E-state index < -0.39 is 12.2 Å². The van der Waals surface area contributed by atoms with Gasteiger partial charge in [0.25, 0.3) is 0 Å². The second kappa shape index (κ2) is 9.74. The minimum Gasteiger partial charge on any atom is -0.393 e. The minimum atomic E-state index is -0.635. The standard InChI is InChI=1S/C27H37NO3S/c1-17(6-11-24(30)26-28-13-14-32-26)22-9-10-23-19(5-4-12-27(22,23)3)7-8-20-15-21(29)16-25(31)18(20)2/h7-8,13-14,17,21-23,25,29,31H,2,4-6,9-12,15-16H2,1,3H3/b19-7+,20-8-/t17-,21-,22-,23+,25+,27-/m1/s1. The predicted octanol–water partition coefficient (Wildman–Crippen LogP) is 5.88. The predicted molar refractivity (Wildman–Crippen MR) is 130 cm³/mol. The van der Waals surface area contributed by atoms with Gasteiger partial charge in [-0.15, -0.1) is 11.3 Å². The molecule has 0 unspecified atom stereocenters. The molecule has 3 fully saturated rings. The number of aromatic nitrogens is 1. The lowest BCUT2D eigenvalue weighted by molar-refractivity contribution is 0.0854. The smallest absolute Gasteiger partial charge is 0.191 e. The van der Waals surface area contributed by atoms with Crippen LogP contribution >= 0.6 is 11.3 Å². The third-order valence-corrected chi connectivity index (χ3v) is 9.30. The number of ketones is 1. The minimum absolute atomic E-state index is 0.180. The van der Waals surface area contributed by atoms with Crippen molar-refractivity contribution in [2.24, 2.45) is 23.2 Å². The average molecular weight is 456 g/mol. The fraction of sp³-hybridized carbons (Fsp3) is 0.630. The van der Waals surface area contributed by atoms with Crippen LogP contribution in [-0.2, 0) is 0 Å². The van der Waals surface area contributed by atoms with E-state index in [0.717, 1.165) is 24.0 Å². The van der Waals surface area contributed by atoms with E-state index in [1.54, 1.807) is 6.20 Å². The quantitative estimate of drug-likeness (QED) is 0.525. The zero-order valence-corrected chi connectivity index (χ0v) is 20.2. The van der Waals surface area contributed by atoms with Crippen LogP contribution in [0.25, 0.3) is 0 Å². The number of hydrogen-bond acceptors (Lipinski definition) is 5. The average Bonchev–Trinajstić information content (AvgIpc) is 3.41. The van der Waals surface area contributed by atoms with Crippen molar-refractivity contribution in [3.05, 3.63) is 52.0 Å². The maximum atomic E-state index is 12.4. The number of fused-ring (bicyclic) bond motifs is 1. The third kappa shape index (κ3) is 4.71. The molecule has 2 N–H and O–H groups in total. The summed E-state index contributed by atoms with van der Waals surface area (Å²) in [6.07, 6.45) is 13.5. The lowest BCUT2D eigenvalue weighted by Crippen LogP contribution is -2.36. The number of allylic oxidation sites excluding steroid dienone is 3. The van der Waals surface area contributed by atoms with Crippen molar-refractivity contribution in [3.8, 4) is 0 Å². The Kier molecular flexibility index (Phi) is 7.18. The molecule has 3 aliphatic rings. The second-order valence-electron chi connectivity index (χ2n) is 10.4. The van der Waals surface area contributed by atoms with Crippen LogP contribution in [-0.4, -0.2) is 33.2 Å². The van der Waals surface area contributed by atoms with Gasteiger partial charge in [0.05, 0.1) is 12.2 Å². The Morgan fingerprint density at radius 3 is 2.94 bits per heavy atom. The number of aliphatic hydroxyl groups excluding tert-OH is 2. The Bertz CT molecular complexity index is 902. The maximum absolute atomic E-state index is 12.4. The summed E-state index contributed by atoms with van der Waals surface area (Å²) in [6.45, 7) is 8.86. The largest absolute Gasteiger partial charge is 0.393 e. The van der Waals surface area contributed by atoms with E-state index in [0.29, 0.717) is 42.0 Å². The molecule has 174 valence electrons. The van der Waals surface area contributed by atoms with Crippen molar-refractivity contribution in [3.63, 3.8) is 0 Å². The molecule has 0 saturated heterocycles. The van der Waals surface area contributed by atoms with Gasteiger partial charge in [-0.25, -0.2) is 4.98 Å². The third-order valence-electron chi connectivity index (χ3n) is 8.49. The highest BCUT2D eigenvalue weighted by atomic mass is 32.1. The Labute approximate surface area is 196 Å². The molecular weight excluding hydrogens is 418 g/mol. The number of hydrogen-bond donors (Lipinski definition) is 2. The van der Waals surface area contributed by atoms with Crippen molar-refractivity contribution in [2.75, 3.05) is 0 Å². The van der Waals surface area contributed by atoms with E-state index in [9.17, 15) is 15.0 Å². The number of aliphatic hydroxyl groups is 2. The Hall–Kier alpha value is -1.56. The van der Waals surface area contributed by atoms with Crippen LogP contribution in [0.1, 0.15) is 81.4 Å². The number of carbonyl (C=O) groups excluding carboxylic acids is 1. The highest BCUT2D eigenvalue weighted by Gasteiger charge is 2.50. The van der Waals surface area contributed by atoms with E-state index in [-0.39, 0.29) is 11.2 Å². The van der Waals surface area contributed by atoms with Crippen molar-refractivity contribution < 1.29 is 15.0 Å². The Balaban J connectivity index is 1.44. The zero-order chi connectivity index (χ0) is 22.9. The van der Waals surface area contributed by atoms with Gasteiger partial charge in [0.1, 0.15) is 0 Å². The summed E-state index contributed by atoms with van der Waals surface area (Å²) in [4.78, 5) is 16.6. The summed E-state index contributed by atoms with van der Waals surface area (Å²) in [5, 5.41) is 22.7. The summed E-state index contributed by atoms with van der Waals surface area (Å²) in [5.74, 6) is 1.93. The SMILES string of the molecule is C=C1/C(=C\C=C2/CCC[C@]3(C)[C@@H]([C@H](C)CCC(=O)c4nccs4)CC[C@@H]23)C[C@@H](O)C[C@@H]1O. The number of nitrogens with zero attached hydrogens (tertiary/aromatic N) is 1. The monoisotopic (exact) mass is 455 g/mol. The van der Waals surface area contributed by atoms with Crippen molar-refractivity contribution in [2.45, 2.75) is 83.8 Å². The number of thiazole rings is 1. The molecule has 0 aromatic carbocycles. The van der Waals surface area contributed by atoms with E-state index in [4.69, 9.17) is 0 Å². The van der Waals surface area contributed by atoms with Crippen LogP contribution in [0.4, 0.5) is 0 Å². The molecule has 32 heavy (non-hydrogen) atoms. The molecule has 0 spiro atoms. The van der Waals surface area contributed by atoms with E-state index >= 15 is 0 Å². The highest BCUT2D eigenvalue weighted by Crippen LogP contribution is 2.59. The summed E-state index contributed by atoms with van der Waals surface area (Å²) in [6, 6.07) is 0. The normalized spacial score (nSPS) is 36.4. The van der Waals surface area contributed by atoms with Crippen molar-refractivity contribution >= 4 is 17.1 Å². The highest BCUT2D eigenvalue weighted by molar-refractivity contribution is 7.11. The topological polar surface area (TPSA) is 70.4 Å². The first-order chi connectivity index (χ1) is 15.3. The van der Waals surface area contributed by atoms with Gasteiger partial charge in [0.2, 0.25) is 0 Å². The number of Topliss-reactive ketones (excluding diaryl/α,β-unsaturated/α-hetero) is 1. The van der Waals surface area contributed by atoms with Crippen molar-refractivity contribution in [1.82, 2.24) is 4.98 Å². The molecule has 1 aromatic rings. The lowest BCUT2D eigenvalue weighted by Gasteiger charge is -2.44. The molecule has 3 saturated carbocycles. The van der Waals surface area contributed by atoms with Crippen LogP contribution < -0.4 is 0 Å². The molecule has 6 atom stereocenters. The summed E-state index contributed by atoms with van der Waals surface area (Å²) < 4.78 is 0. The molecule has 1 heterocycles. The molecule has 0 bridgehead atoms. The van der Waals surface area contributed by atoms with Gasteiger partial charge in [0.15, 0.2) is 10.8 Å². The summed E-state index contributed by atoms with van der Waals surface area (Å²) >= 11 is 1.44. The fourth-order valence-corrected chi connectivity index (χ4v) is 7.31. The Morgan fingerprint density at radius 1 is 1.38 bits per heavy atom. The molecule has 3 aliphatic carbocycles. The molecule has 0 radical (unpaired) electrons. The molecule has 0 amide bonds. The first-order valence-corrected chi connectivity index (χ1v) is 13.0. The summed E-state index contributed by atoms with van der Waals surface area (Å²) in [7, 11) is 0. The lowest BCUT2D eigenvalue weighted by atomic mass is 9.60. The molecule has 5 heteroatoms. The van der Waals surface area contributed by atoms with Crippen LogP contribution in [0, 0.1) is 23.2 Å². The molecule has 4 nitrogen and oxygen atoms in total. The van der Waals surface area contributed by atoms with Gasteiger partial charge in [0, 0.05) is 24.4 Å². The summed E-state index contributed by atoms with van der Waals surface area (Å²) in [5.41, 5.74) is 3.55. The van der Waals surface area contributed by atoms with Crippen LogP contribution in [0.2, 0.25) is 0 Å². The van der Waals surface area contributed by atoms with Crippen LogP contribution in [0.15, 0.2) is 47.0 Å². The van der Waals surface area contributed by atoms with Crippen molar-refractivity contribution in [1.29, 1.82) is 0 Å². The van der Waals surface area contributed by atoms with Gasteiger partial charge in [-0.2, -0.15) is 0 Å². The van der Waals surface area contributed by atoms with Gasteiger partial charge < -0.3 is 10.2 Å². The van der Waals surface area contributed by atoms with Gasteiger partial charge in [-0.3, -0.25) is 4.79 Å². The molecule has 0 aliphatic heterocycles. The number of carbonyl (C=O) groups is 1. The Morgan fingerprint density at radius 2 is 2.19 bits per heavy atom. The molecule has 4 rings (SSSR count). The van der Waals surface area contributed by atoms with Crippen LogP contribution in [0.3, 0.4) is 0 Å². The first kappa shape index (κ1) is 23.6. The first-order valence-electron chi connectivity index (χ1n) is 12.2. The molecular formula is C27H37NO3S.